The van der Waals surface area contributed by atoms with Gasteiger partial charge in [-0.3, -0.25) is 9.69 Å². The van der Waals surface area contributed by atoms with E-state index in [0.29, 0.717) is 23.4 Å². The number of pyridine rings is 1. The van der Waals surface area contributed by atoms with Crippen molar-refractivity contribution < 1.29 is 31.9 Å². The lowest BCUT2D eigenvalue weighted by molar-refractivity contribution is -0.121. The summed E-state index contributed by atoms with van der Waals surface area (Å²) in [6.45, 7) is 8.41. The highest BCUT2D eigenvalue weighted by Gasteiger charge is 2.59. The highest BCUT2D eigenvalue weighted by molar-refractivity contribution is 7.93. The van der Waals surface area contributed by atoms with E-state index < -0.39 is 38.3 Å². The molecule has 262 valence electrons. The predicted molar refractivity (Wildman–Crippen MR) is 182 cm³/mol. The number of halogens is 2. The fourth-order valence-electron chi connectivity index (χ4n) is 6.89. The van der Waals surface area contributed by atoms with Crippen molar-refractivity contribution in [3.05, 3.63) is 76.7 Å². The van der Waals surface area contributed by atoms with Gasteiger partial charge in [-0.25, -0.2) is 22.6 Å². The van der Waals surface area contributed by atoms with Crippen molar-refractivity contribution in [2.75, 3.05) is 63.8 Å². The average Bonchev–Trinajstić information content (AvgIpc) is 3.33. The molecule has 2 saturated heterocycles. The number of benzene rings is 2. The molecule has 2 fully saturated rings. The number of para-hydroxylation sites is 1. The van der Waals surface area contributed by atoms with Crippen LogP contribution in [0.3, 0.4) is 0 Å². The minimum atomic E-state index is -4.73. The van der Waals surface area contributed by atoms with E-state index in [9.17, 15) is 13.2 Å². The number of likely N-dealkylation sites (N-methyl/N-ethyl adjacent to an activating group) is 1. The van der Waals surface area contributed by atoms with Crippen molar-refractivity contribution in [2.45, 2.75) is 43.2 Å². The number of hydrogen-bond donors (Lipinski definition) is 1. The van der Waals surface area contributed by atoms with Gasteiger partial charge < -0.3 is 24.6 Å². The lowest BCUT2D eigenvalue weighted by Gasteiger charge is -2.42. The third kappa shape index (κ3) is 6.31. The molecule has 0 radical (unpaired) electrons. The van der Waals surface area contributed by atoms with E-state index in [-0.39, 0.29) is 46.6 Å². The van der Waals surface area contributed by atoms with Gasteiger partial charge in [-0.2, -0.15) is 4.31 Å². The number of piperidine rings is 1. The number of aromatic nitrogens is 1. The van der Waals surface area contributed by atoms with Crippen LogP contribution in [-0.2, 0) is 20.4 Å². The van der Waals surface area contributed by atoms with Crippen LogP contribution < -0.4 is 19.1 Å². The normalized spacial score (nSPS) is 20.7. The van der Waals surface area contributed by atoms with Gasteiger partial charge in [0, 0.05) is 57.1 Å². The van der Waals surface area contributed by atoms with Gasteiger partial charge >= 0.3 is 6.03 Å². The molecule has 1 N–H and O–H groups in total. The van der Waals surface area contributed by atoms with Gasteiger partial charge in [-0.05, 0) is 70.1 Å². The van der Waals surface area contributed by atoms with Crippen LogP contribution in [0.4, 0.5) is 14.9 Å². The second kappa shape index (κ2) is 14.1. The van der Waals surface area contributed by atoms with Gasteiger partial charge in [0.25, 0.3) is 15.9 Å². The van der Waals surface area contributed by atoms with Gasteiger partial charge in [0.1, 0.15) is 16.5 Å². The van der Waals surface area contributed by atoms with Gasteiger partial charge in [0.15, 0.2) is 5.54 Å². The molecule has 0 spiro atoms. The minimum Gasteiger partial charge on any atom is -0.492 e. The number of likely N-dealkylation sites (tertiary alicyclic amines) is 1. The molecule has 1 atom stereocenters. The monoisotopic (exact) mass is 714 g/mol. The van der Waals surface area contributed by atoms with Crippen molar-refractivity contribution in [3.63, 3.8) is 0 Å². The van der Waals surface area contributed by atoms with Crippen molar-refractivity contribution >= 4 is 39.2 Å². The van der Waals surface area contributed by atoms with Crippen molar-refractivity contribution in [1.82, 2.24) is 25.0 Å². The summed E-state index contributed by atoms with van der Waals surface area (Å²) in [5, 5.41) is 2.47. The maximum atomic E-state index is 15.4. The summed E-state index contributed by atoms with van der Waals surface area (Å²) in [6, 6.07) is 10.7. The molecule has 3 aliphatic rings. The van der Waals surface area contributed by atoms with Crippen LogP contribution in [0.25, 0.3) is 0 Å². The molecule has 0 aliphatic carbocycles. The highest BCUT2D eigenvalue weighted by atomic mass is 35.5. The Morgan fingerprint density at radius 1 is 1.00 bits per heavy atom. The second-order valence-corrected chi connectivity index (χ2v) is 14.4. The van der Waals surface area contributed by atoms with E-state index >= 15 is 9.18 Å². The summed E-state index contributed by atoms with van der Waals surface area (Å²) >= 11 is 6.24. The molecular formula is C34H40ClFN6O6S. The molecule has 3 aliphatic heterocycles. The number of ether oxygens (including phenoxy) is 2. The Hall–Kier alpha value is -3.98. The number of piperazine rings is 1. The number of sulfonamides is 1. The van der Waals surface area contributed by atoms with E-state index in [1.165, 1.54) is 36.5 Å². The number of anilines is 1. The van der Waals surface area contributed by atoms with E-state index in [1.807, 2.05) is 0 Å². The Labute approximate surface area is 290 Å². The average molecular weight is 715 g/mol. The fourth-order valence-corrected chi connectivity index (χ4v) is 8.65. The SMILES string of the molecule is CCOc1ccccc1S(=O)(=O)N1C(=O)C(NC(=O)N2CCC(N3CCN(C)CC3)CC2)(c2cccnc2OCC)c2cc(F)c(Cl)cc21. The molecule has 49 heavy (non-hydrogen) atoms. The van der Waals surface area contributed by atoms with Crippen LogP contribution in [0.2, 0.25) is 5.02 Å². The number of hydrogen-bond acceptors (Lipinski definition) is 9. The topological polar surface area (TPSA) is 125 Å². The Bertz CT molecular complexity index is 1830. The fraction of sp³-hybridized carbons (Fsp3) is 0.441. The largest absolute Gasteiger partial charge is 0.492 e. The van der Waals surface area contributed by atoms with Crippen molar-refractivity contribution in [1.29, 1.82) is 0 Å². The molecule has 2 aromatic carbocycles. The third-order valence-corrected chi connectivity index (χ3v) is 11.4. The summed E-state index contributed by atoms with van der Waals surface area (Å²) in [7, 11) is -2.63. The lowest BCUT2D eigenvalue weighted by atomic mass is 9.84. The van der Waals surface area contributed by atoms with E-state index in [1.54, 1.807) is 24.8 Å². The van der Waals surface area contributed by atoms with Gasteiger partial charge in [-0.1, -0.05) is 23.7 Å². The van der Waals surface area contributed by atoms with Gasteiger partial charge in [0.2, 0.25) is 5.88 Å². The van der Waals surface area contributed by atoms with E-state index in [2.05, 4.69) is 27.1 Å². The van der Waals surface area contributed by atoms with Gasteiger partial charge in [0.05, 0.1) is 29.5 Å². The van der Waals surface area contributed by atoms with E-state index in [4.69, 9.17) is 21.1 Å². The van der Waals surface area contributed by atoms with Crippen LogP contribution in [-0.4, -0.2) is 106 Å². The lowest BCUT2D eigenvalue weighted by Crippen LogP contribution is -2.59. The van der Waals surface area contributed by atoms with Gasteiger partial charge in [-0.15, -0.1) is 0 Å². The second-order valence-electron chi connectivity index (χ2n) is 12.3. The van der Waals surface area contributed by atoms with Crippen LogP contribution >= 0.6 is 11.6 Å². The zero-order valence-electron chi connectivity index (χ0n) is 27.7. The first kappa shape index (κ1) is 34.9. The first-order chi connectivity index (χ1) is 23.5. The first-order valence-electron chi connectivity index (χ1n) is 16.4. The van der Waals surface area contributed by atoms with Crippen molar-refractivity contribution in [2.24, 2.45) is 0 Å². The molecule has 1 unspecified atom stereocenters. The Kier molecular flexibility index (Phi) is 10.0. The number of nitrogens with one attached hydrogen (secondary N) is 1. The molecule has 3 amide bonds. The van der Waals surface area contributed by atoms with Crippen LogP contribution in [0.5, 0.6) is 11.6 Å². The molecule has 1 aromatic heterocycles. The number of urea groups is 1. The quantitative estimate of drug-likeness (QED) is 0.349. The Morgan fingerprint density at radius 3 is 2.39 bits per heavy atom. The summed E-state index contributed by atoms with van der Waals surface area (Å²) in [5.41, 5.74) is -2.57. The number of rotatable bonds is 9. The third-order valence-electron chi connectivity index (χ3n) is 9.39. The smallest absolute Gasteiger partial charge is 0.318 e. The van der Waals surface area contributed by atoms with E-state index in [0.717, 1.165) is 51.2 Å². The molecule has 6 rings (SSSR count). The van der Waals surface area contributed by atoms with Crippen molar-refractivity contribution in [3.8, 4) is 11.6 Å². The molecule has 12 nitrogen and oxygen atoms in total. The van der Waals surface area contributed by atoms with Crippen LogP contribution in [0, 0.1) is 5.82 Å². The zero-order valence-corrected chi connectivity index (χ0v) is 29.3. The molecule has 4 heterocycles. The Balaban J connectivity index is 1.45. The predicted octanol–water partition coefficient (Wildman–Crippen LogP) is 4.07. The number of nitrogens with zero attached hydrogens (tertiary/aromatic N) is 5. The number of amides is 3. The Morgan fingerprint density at radius 2 is 1.69 bits per heavy atom. The minimum absolute atomic E-state index is 0.0219. The number of carbonyl (C=O) groups excluding carboxylic acids is 2. The summed E-state index contributed by atoms with van der Waals surface area (Å²) in [4.78, 5) is 39.7. The van der Waals surface area contributed by atoms with Crippen LogP contribution in [0.1, 0.15) is 37.8 Å². The molecular weight excluding hydrogens is 675 g/mol. The number of fused-ring (bicyclic) bond motifs is 1. The molecule has 0 saturated carbocycles. The summed E-state index contributed by atoms with van der Waals surface area (Å²) in [6.07, 6.45) is 2.90. The summed E-state index contributed by atoms with van der Waals surface area (Å²) < 4.78 is 56.5. The zero-order chi connectivity index (χ0) is 34.9. The maximum absolute atomic E-state index is 15.4. The standard InChI is InChI=1S/C34H40ClFN6O6S/c1-4-47-29-10-6-7-11-30(29)49(45,46)42-28-22-26(35)27(36)21-25(28)34(32(42)43,24-9-8-14-37-31(24)48-5-2)38-33(44)41-15-12-23(13-16-41)40-19-17-39(3)18-20-40/h6-11,14,21-23H,4-5,12-13,15-20H2,1-3H3,(H,38,44). The number of carbonyl (C=O) groups is 2. The molecule has 3 aromatic rings. The highest BCUT2D eigenvalue weighted by Crippen LogP contribution is 2.50. The molecule has 15 heteroatoms. The van der Waals surface area contributed by atoms with Crippen LogP contribution in [0.15, 0.2) is 59.6 Å². The summed E-state index contributed by atoms with van der Waals surface area (Å²) in [5.74, 6) is -1.99. The molecule has 0 bridgehead atoms. The maximum Gasteiger partial charge on any atom is 0.318 e. The first-order valence-corrected chi connectivity index (χ1v) is 18.2.